The van der Waals surface area contributed by atoms with Gasteiger partial charge in [0.25, 0.3) is 0 Å². The Balaban J connectivity index is 1.45. The van der Waals surface area contributed by atoms with Crippen molar-refractivity contribution in [3.05, 3.63) is 11.9 Å². The van der Waals surface area contributed by atoms with Gasteiger partial charge in [0.05, 0.1) is 12.5 Å². The molecule has 0 bridgehead atoms. The van der Waals surface area contributed by atoms with Crippen LogP contribution in [0.15, 0.2) is 6.07 Å². The van der Waals surface area contributed by atoms with Crippen LogP contribution in [-0.2, 0) is 4.79 Å². The number of likely N-dealkylation sites (tertiary alicyclic amines) is 1. The van der Waals surface area contributed by atoms with Gasteiger partial charge in [0.1, 0.15) is 18.2 Å². The van der Waals surface area contributed by atoms with Crippen molar-refractivity contribution < 1.29 is 9.53 Å². The van der Waals surface area contributed by atoms with E-state index in [-0.39, 0.29) is 11.8 Å². The van der Waals surface area contributed by atoms with Gasteiger partial charge in [0.2, 0.25) is 11.8 Å². The van der Waals surface area contributed by atoms with Gasteiger partial charge in [-0.1, -0.05) is 0 Å². The summed E-state index contributed by atoms with van der Waals surface area (Å²) >= 11 is 0. The van der Waals surface area contributed by atoms with E-state index in [1.807, 2.05) is 13.0 Å². The average Bonchev–Trinajstić information content (AvgIpc) is 2.65. The third-order valence-electron chi connectivity index (χ3n) is 5.13. The van der Waals surface area contributed by atoms with Crippen LogP contribution >= 0.6 is 0 Å². The summed E-state index contributed by atoms with van der Waals surface area (Å²) in [5.74, 6) is 2.48. The Hall–Kier alpha value is -1.89. The number of amides is 1. The number of carbonyl (C=O) groups excluding carboxylic acids is 1. The fourth-order valence-corrected chi connectivity index (χ4v) is 3.74. The fraction of sp³-hybridized carbons (Fsp3) is 0.737. The predicted molar refractivity (Wildman–Crippen MR) is 102 cm³/mol. The van der Waals surface area contributed by atoms with Crippen LogP contribution in [0.1, 0.15) is 37.9 Å². The van der Waals surface area contributed by atoms with E-state index in [0.717, 1.165) is 50.7 Å². The first kappa shape index (κ1) is 18.9. The maximum atomic E-state index is 12.2. The number of rotatable bonds is 6. The van der Waals surface area contributed by atoms with Gasteiger partial charge < -0.3 is 19.9 Å². The number of ether oxygens (including phenoxy) is 1. The molecule has 0 saturated carbocycles. The van der Waals surface area contributed by atoms with Crippen LogP contribution in [0.3, 0.4) is 0 Å². The molecule has 0 spiro atoms. The Bertz CT molecular complexity index is 604. The minimum Gasteiger partial charge on any atom is -0.476 e. The summed E-state index contributed by atoms with van der Waals surface area (Å²) in [7, 11) is 2.07. The highest BCUT2D eigenvalue weighted by Gasteiger charge is 2.23. The van der Waals surface area contributed by atoms with E-state index in [1.54, 1.807) is 0 Å². The molecule has 2 aliphatic rings. The number of nitrogens with zero attached hydrogens (tertiary/aromatic N) is 4. The van der Waals surface area contributed by atoms with Crippen LogP contribution in [0, 0.1) is 12.8 Å². The summed E-state index contributed by atoms with van der Waals surface area (Å²) in [6.45, 7) is 6.83. The highest BCUT2D eigenvalue weighted by Crippen LogP contribution is 2.21. The van der Waals surface area contributed by atoms with Crippen LogP contribution in [0.25, 0.3) is 0 Å². The molecule has 0 radical (unpaired) electrons. The van der Waals surface area contributed by atoms with E-state index in [2.05, 4.69) is 32.1 Å². The number of aryl methyl sites for hydroxylation is 1. The van der Waals surface area contributed by atoms with Crippen LogP contribution in [0.4, 0.5) is 5.82 Å². The van der Waals surface area contributed by atoms with Crippen LogP contribution in [0.2, 0.25) is 0 Å². The Morgan fingerprint density at radius 3 is 2.81 bits per heavy atom. The number of carbonyl (C=O) groups is 1. The van der Waals surface area contributed by atoms with E-state index in [4.69, 9.17) is 4.74 Å². The molecule has 0 aromatic carbocycles. The molecule has 3 rings (SSSR count). The highest BCUT2D eigenvalue weighted by molar-refractivity contribution is 5.78. The number of aromatic nitrogens is 2. The molecule has 1 aromatic rings. The largest absolute Gasteiger partial charge is 0.476 e. The average molecular weight is 361 g/mol. The first-order valence-electron chi connectivity index (χ1n) is 9.81. The van der Waals surface area contributed by atoms with Crippen molar-refractivity contribution in [3.63, 3.8) is 0 Å². The zero-order valence-electron chi connectivity index (χ0n) is 16.0. The summed E-state index contributed by atoms with van der Waals surface area (Å²) in [5.41, 5.74) is 0. The summed E-state index contributed by atoms with van der Waals surface area (Å²) in [6, 6.07) is 1.91. The van der Waals surface area contributed by atoms with E-state index < -0.39 is 0 Å². The maximum Gasteiger partial charge on any atom is 0.224 e. The molecule has 1 amide bonds. The van der Waals surface area contributed by atoms with Gasteiger partial charge >= 0.3 is 0 Å². The van der Waals surface area contributed by atoms with Crippen molar-refractivity contribution in [2.75, 3.05) is 51.3 Å². The highest BCUT2D eigenvalue weighted by atomic mass is 16.5. The lowest BCUT2D eigenvalue weighted by atomic mass is 9.98. The van der Waals surface area contributed by atoms with Gasteiger partial charge in [-0.2, -0.15) is 4.98 Å². The third-order valence-corrected chi connectivity index (χ3v) is 5.13. The van der Waals surface area contributed by atoms with Crippen molar-refractivity contribution >= 4 is 11.7 Å². The molecule has 1 atom stereocenters. The lowest BCUT2D eigenvalue weighted by Crippen LogP contribution is -2.42. The second-order valence-corrected chi connectivity index (χ2v) is 7.40. The van der Waals surface area contributed by atoms with Gasteiger partial charge in [-0.3, -0.25) is 4.79 Å². The Kier molecular flexibility index (Phi) is 6.66. The maximum absolute atomic E-state index is 12.2. The van der Waals surface area contributed by atoms with Gasteiger partial charge in [0, 0.05) is 25.7 Å². The van der Waals surface area contributed by atoms with E-state index >= 15 is 0 Å². The molecule has 2 fully saturated rings. The number of anilines is 1. The van der Waals surface area contributed by atoms with E-state index in [9.17, 15) is 4.79 Å². The quantitative estimate of drug-likeness (QED) is 0.777. The summed E-state index contributed by atoms with van der Waals surface area (Å²) in [4.78, 5) is 25.7. The number of nitrogens with one attached hydrogen (secondary N) is 1. The minimum atomic E-state index is 0.0979. The van der Waals surface area contributed by atoms with Crippen molar-refractivity contribution in [3.8, 4) is 5.88 Å². The second kappa shape index (κ2) is 9.16. The van der Waals surface area contributed by atoms with Crippen molar-refractivity contribution in [1.29, 1.82) is 0 Å². The van der Waals surface area contributed by atoms with Gasteiger partial charge in [-0.15, -0.1) is 0 Å². The molecule has 7 heteroatoms. The van der Waals surface area contributed by atoms with Crippen LogP contribution < -0.4 is 15.0 Å². The Morgan fingerprint density at radius 2 is 2.04 bits per heavy atom. The van der Waals surface area contributed by atoms with Crippen molar-refractivity contribution in [2.24, 2.45) is 5.92 Å². The standard InChI is InChI=1S/C19H31N5O2/c1-15-21-17(24-10-4-3-5-11-24)13-18(22-15)26-12-8-20-19(25)16-7-6-9-23(2)14-16/h13,16H,3-12,14H2,1-2H3,(H,20,25). The van der Waals surface area contributed by atoms with Crippen molar-refractivity contribution in [2.45, 2.75) is 39.0 Å². The molecule has 144 valence electrons. The molecule has 1 N–H and O–H groups in total. The molecule has 7 nitrogen and oxygen atoms in total. The molecule has 0 aliphatic carbocycles. The third kappa shape index (κ3) is 5.30. The van der Waals surface area contributed by atoms with Crippen LogP contribution in [-0.4, -0.2) is 67.2 Å². The van der Waals surface area contributed by atoms with Gasteiger partial charge in [-0.25, -0.2) is 4.98 Å². The molecule has 1 unspecified atom stereocenters. The summed E-state index contributed by atoms with van der Waals surface area (Å²) < 4.78 is 5.77. The Labute approximate surface area is 156 Å². The SMILES string of the molecule is Cc1nc(OCCNC(=O)C2CCCN(C)C2)cc(N2CCCCC2)n1. The first-order valence-corrected chi connectivity index (χ1v) is 9.81. The minimum absolute atomic E-state index is 0.0979. The van der Waals surface area contributed by atoms with E-state index in [0.29, 0.717) is 19.0 Å². The lowest BCUT2D eigenvalue weighted by Gasteiger charge is -2.28. The summed E-state index contributed by atoms with van der Waals surface area (Å²) in [5, 5.41) is 2.99. The molecule has 1 aromatic heterocycles. The molecular formula is C19H31N5O2. The fourth-order valence-electron chi connectivity index (χ4n) is 3.74. The second-order valence-electron chi connectivity index (χ2n) is 7.40. The predicted octanol–water partition coefficient (Wildman–Crippen LogP) is 1.61. The topological polar surface area (TPSA) is 70.6 Å². The van der Waals surface area contributed by atoms with Gasteiger partial charge in [-0.05, 0) is 52.6 Å². The van der Waals surface area contributed by atoms with Gasteiger partial charge in [0.15, 0.2) is 0 Å². The monoisotopic (exact) mass is 361 g/mol. The molecule has 2 aliphatic heterocycles. The molecule has 26 heavy (non-hydrogen) atoms. The molecular weight excluding hydrogens is 330 g/mol. The lowest BCUT2D eigenvalue weighted by molar-refractivity contribution is -0.126. The normalized spacial score (nSPS) is 21.5. The summed E-state index contributed by atoms with van der Waals surface area (Å²) in [6.07, 6.45) is 5.77. The molecule has 3 heterocycles. The zero-order valence-corrected chi connectivity index (χ0v) is 16.0. The number of hydrogen-bond donors (Lipinski definition) is 1. The first-order chi connectivity index (χ1) is 12.6. The number of piperidine rings is 2. The van der Waals surface area contributed by atoms with Crippen LogP contribution in [0.5, 0.6) is 5.88 Å². The Morgan fingerprint density at radius 1 is 1.23 bits per heavy atom. The zero-order chi connectivity index (χ0) is 18.4. The number of hydrogen-bond acceptors (Lipinski definition) is 6. The smallest absolute Gasteiger partial charge is 0.224 e. The van der Waals surface area contributed by atoms with E-state index in [1.165, 1.54) is 19.3 Å². The molecule has 2 saturated heterocycles. The van der Waals surface area contributed by atoms with Crippen molar-refractivity contribution in [1.82, 2.24) is 20.2 Å².